The van der Waals surface area contributed by atoms with Crippen LogP contribution in [0.15, 0.2) is 29.3 Å². The first-order chi connectivity index (χ1) is 9.47. The van der Waals surface area contributed by atoms with Gasteiger partial charge in [-0.15, -0.1) is 0 Å². The van der Waals surface area contributed by atoms with Crippen LogP contribution in [0.2, 0.25) is 0 Å². The topological polar surface area (TPSA) is 32.6 Å². The first kappa shape index (κ1) is 15.0. The Morgan fingerprint density at radius 3 is 2.40 bits per heavy atom. The Balaban J connectivity index is 1.91. The molecular formula is C15H18F3NO. The second kappa shape index (κ2) is 6.39. The minimum Gasteiger partial charge on any atom is -0.393 e. The van der Waals surface area contributed by atoms with E-state index in [1.54, 1.807) is 6.21 Å². The van der Waals surface area contributed by atoms with Gasteiger partial charge < -0.3 is 5.11 Å². The average Bonchev–Trinajstić information content (AvgIpc) is 2.40. The number of nitrogens with zero attached hydrogens (tertiary/aromatic N) is 1. The molecule has 0 saturated heterocycles. The highest BCUT2D eigenvalue weighted by Gasteiger charge is 2.29. The summed E-state index contributed by atoms with van der Waals surface area (Å²) < 4.78 is 37.2. The Bertz CT molecular complexity index is 453. The molecule has 0 unspecified atom stereocenters. The van der Waals surface area contributed by atoms with Gasteiger partial charge in [0.1, 0.15) is 0 Å². The molecule has 1 fully saturated rings. The Labute approximate surface area is 116 Å². The van der Waals surface area contributed by atoms with E-state index in [1.165, 1.54) is 12.1 Å². The normalized spacial score (nSPS) is 24.2. The van der Waals surface area contributed by atoms with Crippen LogP contribution in [0.5, 0.6) is 0 Å². The third-order valence-corrected chi connectivity index (χ3v) is 3.69. The van der Waals surface area contributed by atoms with E-state index < -0.39 is 11.7 Å². The van der Waals surface area contributed by atoms with Gasteiger partial charge in [-0.05, 0) is 30.5 Å². The summed E-state index contributed by atoms with van der Waals surface area (Å²) in [5, 5.41) is 9.79. The van der Waals surface area contributed by atoms with Crippen LogP contribution in [-0.4, -0.2) is 24.0 Å². The highest BCUT2D eigenvalue weighted by atomic mass is 19.4. The van der Waals surface area contributed by atoms with Crippen LogP contribution in [0, 0.1) is 5.92 Å². The molecule has 1 aliphatic rings. The van der Waals surface area contributed by atoms with E-state index in [0.717, 1.165) is 37.8 Å². The van der Waals surface area contributed by atoms with E-state index in [1.807, 2.05) is 0 Å². The molecule has 0 spiro atoms. The lowest BCUT2D eigenvalue weighted by molar-refractivity contribution is -0.137. The van der Waals surface area contributed by atoms with E-state index in [9.17, 15) is 18.3 Å². The van der Waals surface area contributed by atoms with Gasteiger partial charge in [-0.25, -0.2) is 0 Å². The lowest BCUT2D eigenvalue weighted by Gasteiger charge is -2.25. The van der Waals surface area contributed by atoms with E-state index in [2.05, 4.69) is 4.99 Å². The molecular weight excluding hydrogens is 267 g/mol. The second-order valence-electron chi connectivity index (χ2n) is 5.23. The van der Waals surface area contributed by atoms with E-state index >= 15 is 0 Å². The van der Waals surface area contributed by atoms with Crippen LogP contribution in [0.25, 0.3) is 0 Å². The summed E-state index contributed by atoms with van der Waals surface area (Å²) in [4.78, 5) is 4.24. The molecule has 2 atom stereocenters. The largest absolute Gasteiger partial charge is 0.416 e. The molecule has 0 heterocycles. The number of hydrogen-bond donors (Lipinski definition) is 1. The van der Waals surface area contributed by atoms with Gasteiger partial charge in [0.05, 0.1) is 11.7 Å². The molecule has 1 aromatic rings. The number of benzene rings is 1. The van der Waals surface area contributed by atoms with Crippen LogP contribution in [0.1, 0.15) is 36.8 Å². The third-order valence-electron chi connectivity index (χ3n) is 3.69. The van der Waals surface area contributed by atoms with E-state index in [0.29, 0.717) is 12.1 Å². The molecule has 0 bridgehead atoms. The summed E-state index contributed by atoms with van der Waals surface area (Å²) in [6.45, 7) is 0.530. The van der Waals surface area contributed by atoms with Gasteiger partial charge >= 0.3 is 6.18 Å². The fourth-order valence-electron chi connectivity index (χ4n) is 2.45. The third kappa shape index (κ3) is 4.07. The van der Waals surface area contributed by atoms with Crippen molar-refractivity contribution in [3.63, 3.8) is 0 Å². The van der Waals surface area contributed by atoms with Crippen molar-refractivity contribution in [3.05, 3.63) is 35.4 Å². The summed E-state index contributed by atoms with van der Waals surface area (Å²) in [6, 6.07) is 4.92. The van der Waals surface area contributed by atoms with Gasteiger partial charge in [-0.1, -0.05) is 25.0 Å². The number of aliphatic hydroxyl groups is 1. The zero-order valence-electron chi connectivity index (χ0n) is 11.1. The van der Waals surface area contributed by atoms with Crippen LogP contribution in [0.4, 0.5) is 13.2 Å². The molecule has 0 aliphatic heterocycles. The highest BCUT2D eigenvalue weighted by molar-refractivity contribution is 5.79. The van der Waals surface area contributed by atoms with Crippen LogP contribution < -0.4 is 0 Å². The minimum absolute atomic E-state index is 0.175. The maximum atomic E-state index is 12.4. The Morgan fingerprint density at radius 2 is 1.80 bits per heavy atom. The first-order valence-electron chi connectivity index (χ1n) is 6.82. The molecule has 1 N–H and O–H groups in total. The fourth-order valence-corrected chi connectivity index (χ4v) is 2.45. The standard InChI is InChI=1S/C15H18F3NO/c16-15(17,18)13-7-5-11(6-8-13)9-19-10-12-3-1-2-4-14(12)20/h5-9,12,14,20H,1-4,10H2/t12-,14+/m1/s1. The van der Waals surface area contributed by atoms with Crippen molar-refractivity contribution < 1.29 is 18.3 Å². The quantitative estimate of drug-likeness (QED) is 0.844. The van der Waals surface area contributed by atoms with Crippen molar-refractivity contribution in [2.45, 2.75) is 38.0 Å². The van der Waals surface area contributed by atoms with E-state index in [4.69, 9.17) is 0 Å². The Hall–Kier alpha value is -1.36. The van der Waals surface area contributed by atoms with Crippen molar-refractivity contribution in [1.29, 1.82) is 0 Å². The molecule has 2 rings (SSSR count). The van der Waals surface area contributed by atoms with Gasteiger partial charge in [-0.2, -0.15) is 13.2 Å². The molecule has 110 valence electrons. The summed E-state index contributed by atoms with van der Waals surface area (Å²) in [7, 11) is 0. The van der Waals surface area contributed by atoms with Crippen LogP contribution >= 0.6 is 0 Å². The second-order valence-corrected chi connectivity index (χ2v) is 5.23. The number of aliphatic hydroxyl groups excluding tert-OH is 1. The van der Waals surface area contributed by atoms with Crippen molar-refractivity contribution >= 4 is 6.21 Å². The summed E-state index contributed by atoms with van der Waals surface area (Å²) >= 11 is 0. The summed E-state index contributed by atoms with van der Waals surface area (Å²) in [6.07, 6.45) is 0.918. The maximum Gasteiger partial charge on any atom is 0.416 e. The number of rotatable bonds is 3. The maximum absolute atomic E-state index is 12.4. The zero-order valence-corrected chi connectivity index (χ0v) is 11.1. The van der Waals surface area contributed by atoms with Gasteiger partial charge in [0.25, 0.3) is 0 Å². The Kier molecular flexibility index (Phi) is 4.81. The molecule has 0 radical (unpaired) electrons. The monoisotopic (exact) mass is 285 g/mol. The molecule has 0 amide bonds. The van der Waals surface area contributed by atoms with Crippen molar-refractivity contribution in [1.82, 2.24) is 0 Å². The summed E-state index contributed by atoms with van der Waals surface area (Å²) in [5.74, 6) is 0.175. The van der Waals surface area contributed by atoms with Gasteiger partial charge in [0.2, 0.25) is 0 Å². The van der Waals surface area contributed by atoms with E-state index in [-0.39, 0.29) is 12.0 Å². The molecule has 2 nitrogen and oxygen atoms in total. The molecule has 1 aliphatic carbocycles. The predicted octanol–water partition coefficient (Wildman–Crippen LogP) is 3.68. The van der Waals surface area contributed by atoms with Gasteiger partial charge in [0.15, 0.2) is 0 Å². The first-order valence-corrected chi connectivity index (χ1v) is 6.82. The SMILES string of the molecule is O[C@H]1CCCC[C@@H]1CN=Cc1ccc(C(F)(F)F)cc1. The van der Waals surface area contributed by atoms with Crippen molar-refractivity contribution in [3.8, 4) is 0 Å². The summed E-state index contributed by atoms with van der Waals surface area (Å²) in [5.41, 5.74) is -0.0133. The van der Waals surface area contributed by atoms with Gasteiger partial charge in [-0.3, -0.25) is 4.99 Å². The lowest BCUT2D eigenvalue weighted by Crippen LogP contribution is -2.26. The number of alkyl halides is 3. The predicted molar refractivity (Wildman–Crippen MR) is 71.9 cm³/mol. The fraction of sp³-hybridized carbons (Fsp3) is 0.533. The van der Waals surface area contributed by atoms with Crippen LogP contribution in [-0.2, 0) is 6.18 Å². The minimum atomic E-state index is -4.30. The highest BCUT2D eigenvalue weighted by Crippen LogP contribution is 2.29. The van der Waals surface area contributed by atoms with Crippen molar-refractivity contribution in [2.24, 2.45) is 10.9 Å². The lowest BCUT2D eigenvalue weighted by atomic mass is 9.87. The number of halogens is 3. The van der Waals surface area contributed by atoms with Crippen LogP contribution in [0.3, 0.4) is 0 Å². The Morgan fingerprint density at radius 1 is 1.15 bits per heavy atom. The molecule has 1 saturated carbocycles. The van der Waals surface area contributed by atoms with Crippen molar-refractivity contribution in [2.75, 3.05) is 6.54 Å². The zero-order chi connectivity index (χ0) is 14.6. The molecule has 0 aromatic heterocycles. The molecule has 1 aromatic carbocycles. The molecule has 5 heteroatoms. The number of aliphatic imine (C=N–C) groups is 1. The average molecular weight is 285 g/mol. The molecule has 20 heavy (non-hydrogen) atoms. The smallest absolute Gasteiger partial charge is 0.393 e. The number of hydrogen-bond acceptors (Lipinski definition) is 2. The van der Waals surface area contributed by atoms with Gasteiger partial charge in [0, 0.05) is 18.7 Å².